The van der Waals surface area contributed by atoms with Gasteiger partial charge in [0.1, 0.15) is 0 Å². The van der Waals surface area contributed by atoms with Crippen LogP contribution in [0.5, 0.6) is 0 Å². The topological polar surface area (TPSA) is 262 Å². The lowest BCUT2D eigenvalue weighted by molar-refractivity contribution is 0.494. The van der Waals surface area contributed by atoms with E-state index in [0.29, 0.717) is 87.6 Å². The Bertz CT molecular complexity index is 5260. The fraction of sp³-hybridized carbons (Fsp3) is 0.157. The number of rotatable bonds is 13. The number of nitrogens with zero attached hydrogens (tertiary/aromatic N) is 10. The molecular weight excluding hydrogens is 1420 g/mol. The maximum absolute atomic E-state index is 12.2. The van der Waals surface area contributed by atoms with Crippen molar-refractivity contribution in [3.05, 3.63) is 296 Å². The van der Waals surface area contributed by atoms with Gasteiger partial charge in [-0.25, -0.2) is 24.2 Å². The summed E-state index contributed by atoms with van der Waals surface area (Å²) in [4.78, 5) is 52.4. The molecule has 0 saturated carbocycles. The predicted octanol–water partition coefficient (Wildman–Crippen LogP) is 17.3. The third kappa shape index (κ3) is 18.1. The van der Waals surface area contributed by atoms with Gasteiger partial charge in [0.25, 0.3) is 0 Å². The summed E-state index contributed by atoms with van der Waals surface area (Å²) in [6.45, 7) is 12.8. The summed E-state index contributed by atoms with van der Waals surface area (Å²) in [6, 6.07) is 41.2. The second kappa shape index (κ2) is 31.9. The number of hydrogen-bond acceptors (Lipinski definition) is 15. The van der Waals surface area contributed by atoms with Crippen molar-refractivity contribution in [3.63, 3.8) is 0 Å². The molecule has 0 saturated heterocycles. The number of hydrogen-bond donors (Lipinski definition) is 2. The normalized spacial score (nSPS) is 10.9. The van der Waals surface area contributed by atoms with Crippen LogP contribution >= 0.6 is 92.8 Å². The molecule has 4 N–H and O–H groups in total. The highest BCUT2D eigenvalue weighted by Crippen LogP contribution is 2.31. The first-order chi connectivity index (χ1) is 46.2. The zero-order chi connectivity index (χ0) is 69.5. The molecular formula is C70H60Cl8N12O8. The lowest BCUT2D eigenvalue weighted by atomic mass is 10.1. The monoisotopic (exact) mass is 1480 g/mol. The van der Waals surface area contributed by atoms with Crippen molar-refractivity contribution in [2.75, 3.05) is 11.5 Å². The second-order valence-electron chi connectivity index (χ2n) is 22.2. The van der Waals surface area contributed by atoms with Gasteiger partial charge < -0.3 is 33.7 Å². The lowest BCUT2D eigenvalue weighted by Crippen LogP contribution is -2.17. The average molecular weight is 1480 g/mol. The van der Waals surface area contributed by atoms with E-state index in [9.17, 15) is 19.2 Å². The number of anilines is 2. The highest BCUT2D eigenvalue weighted by Gasteiger charge is 2.19. The standard InChI is InChI=1S/C20H17ClN4O2.C17H15ClN2O2.2C16H12Cl3N3O2.CH4/c1-13-3-5-17(21)10-16(13)11-25-20(26)27-19(23-25)15-4-6-18(14(2)9-15)24-8-7-22-12-24;1-11-3-6-13(7-4-11)16-19-20(17(21)22-16)10-14-9-15(18)8-5-12(14)2;1-8-2-14(20)13(19)5-10(8)7-22-16(23)24-15(21-22)9-3-11(17)6-12(18)4-9;1-8-4-14(20)13(19)6-10(8)7-22-16(23)24-15(21-22)9-2-3-11(17)12(18)5-9;/h3-10,12H,11H2,1-2H3;3-9H,10H2,1-2H3;2*2-6H,7,20H2,1H3;1H4. The number of aromatic nitrogens is 10. The Balaban J connectivity index is 0.000000153. The molecule has 504 valence electrons. The largest absolute Gasteiger partial charge is 0.437 e. The van der Waals surface area contributed by atoms with E-state index >= 15 is 0 Å². The van der Waals surface area contributed by atoms with E-state index in [0.717, 1.165) is 72.4 Å². The maximum Gasteiger partial charge on any atom is 0.437 e. The van der Waals surface area contributed by atoms with Gasteiger partial charge in [0, 0.05) is 60.4 Å². The number of imidazole rings is 1. The Morgan fingerprint density at radius 2 is 0.765 bits per heavy atom. The smallest absolute Gasteiger partial charge is 0.398 e. The Morgan fingerprint density at radius 1 is 0.367 bits per heavy atom. The fourth-order valence-corrected chi connectivity index (χ4v) is 11.3. The molecule has 0 atom stereocenters. The highest BCUT2D eigenvalue weighted by atomic mass is 35.5. The minimum atomic E-state index is -0.589. The first-order valence-electron chi connectivity index (χ1n) is 29.2. The highest BCUT2D eigenvalue weighted by molar-refractivity contribution is 6.42. The summed E-state index contributed by atoms with van der Waals surface area (Å²) >= 11 is 47.9. The van der Waals surface area contributed by atoms with E-state index < -0.39 is 23.0 Å². The zero-order valence-electron chi connectivity index (χ0n) is 52.3. The molecule has 0 aliphatic rings. The van der Waals surface area contributed by atoms with Crippen LogP contribution in [0.3, 0.4) is 0 Å². The molecule has 98 heavy (non-hydrogen) atoms. The van der Waals surface area contributed by atoms with E-state index in [4.69, 9.17) is 122 Å². The summed E-state index contributed by atoms with van der Waals surface area (Å²) in [7, 11) is 0. The third-order valence-corrected chi connectivity index (χ3v) is 17.3. The van der Waals surface area contributed by atoms with Gasteiger partial charge in [0.2, 0.25) is 23.6 Å². The molecule has 5 heterocycles. The molecule has 0 radical (unpaired) electrons. The quantitative estimate of drug-likeness (QED) is 0.102. The van der Waals surface area contributed by atoms with Gasteiger partial charge in [-0.3, -0.25) is 0 Å². The van der Waals surface area contributed by atoms with Gasteiger partial charge in [-0.05, 0) is 207 Å². The summed E-state index contributed by atoms with van der Waals surface area (Å²) < 4.78 is 28.0. The molecule has 20 nitrogen and oxygen atoms in total. The molecule has 0 fully saturated rings. The van der Waals surface area contributed by atoms with Crippen LogP contribution in [0.1, 0.15) is 63.1 Å². The molecule has 0 aliphatic heterocycles. The van der Waals surface area contributed by atoms with Crippen LogP contribution in [0, 0.1) is 41.5 Å². The Kier molecular flexibility index (Phi) is 23.7. The van der Waals surface area contributed by atoms with Gasteiger partial charge in [0.15, 0.2) is 0 Å². The minimum Gasteiger partial charge on any atom is -0.398 e. The molecule has 13 rings (SSSR count). The zero-order valence-corrected chi connectivity index (χ0v) is 58.3. The molecule has 0 bridgehead atoms. The van der Waals surface area contributed by atoms with Crippen LogP contribution < -0.4 is 34.5 Å². The lowest BCUT2D eigenvalue weighted by Gasteiger charge is -2.07. The van der Waals surface area contributed by atoms with Crippen molar-refractivity contribution >= 4 is 104 Å². The van der Waals surface area contributed by atoms with Crippen molar-refractivity contribution in [2.45, 2.75) is 75.1 Å². The maximum atomic E-state index is 12.2. The summed E-state index contributed by atoms with van der Waals surface area (Å²) in [5.41, 5.74) is 25.7. The minimum absolute atomic E-state index is 0. The van der Waals surface area contributed by atoms with Crippen molar-refractivity contribution < 1.29 is 17.7 Å². The number of benzene rings is 8. The molecule has 8 aromatic carbocycles. The van der Waals surface area contributed by atoms with E-state index in [1.165, 1.54) is 18.7 Å². The van der Waals surface area contributed by atoms with Crippen molar-refractivity contribution in [2.24, 2.45) is 0 Å². The predicted molar refractivity (Wildman–Crippen MR) is 388 cm³/mol. The number of halogens is 8. The van der Waals surface area contributed by atoms with Crippen LogP contribution in [0.4, 0.5) is 11.4 Å². The molecule has 13 aromatic rings. The molecule has 0 amide bonds. The van der Waals surface area contributed by atoms with Crippen molar-refractivity contribution in [1.82, 2.24) is 48.7 Å². The summed E-state index contributed by atoms with van der Waals surface area (Å²) in [5, 5.41) is 20.8. The van der Waals surface area contributed by atoms with Crippen LogP contribution in [-0.4, -0.2) is 48.7 Å². The van der Waals surface area contributed by atoms with Gasteiger partial charge in [0.05, 0.1) is 64.0 Å². The average Bonchev–Trinajstić information content (AvgIpc) is 1.66. The van der Waals surface area contributed by atoms with Gasteiger partial charge in [-0.1, -0.05) is 130 Å². The van der Waals surface area contributed by atoms with Crippen LogP contribution in [0.25, 0.3) is 51.5 Å². The van der Waals surface area contributed by atoms with E-state index in [-0.39, 0.29) is 32.3 Å². The molecule has 0 spiro atoms. The first kappa shape index (κ1) is 72.9. The van der Waals surface area contributed by atoms with Crippen LogP contribution in [-0.2, 0) is 26.2 Å². The second-order valence-corrected chi connectivity index (χ2v) is 25.6. The third-order valence-electron chi connectivity index (χ3n) is 15.0. The van der Waals surface area contributed by atoms with Crippen LogP contribution in [0.15, 0.2) is 195 Å². The Morgan fingerprint density at radius 3 is 1.18 bits per heavy atom. The Hall–Kier alpha value is -9.35. The molecule has 0 unspecified atom stereocenters. The molecule has 5 aromatic heterocycles. The van der Waals surface area contributed by atoms with E-state index in [2.05, 4.69) is 25.4 Å². The van der Waals surface area contributed by atoms with Gasteiger partial charge in [-0.15, -0.1) is 20.4 Å². The number of nitrogen functional groups attached to an aromatic ring is 2. The number of nitrogens with two attached hydrogens (primary N) is 2. The van der Waals surface area contributed by atoms with Gasteiger partial charge in [-0.2, -0.15) is 18.7 Å². The molecule has 28 heteroatoms. The summed E-state index contributed by atoms with van der Waals surface area (Å²) in [5.74, 6) is -1.22. The SMILES string of the molecule is C.Cc1cc(N)c(Cl)cc1Cn1nc(-c2cc(Cl)cc(Cl)c2)oc1=O.Cc1cc(N)c(Cl)cc1Cn1nc(-c2ccc(Cl)c(Cl)c2)oc1=O.Cc1ccc(-c2nn(Cc3cc(Cl)ccc3C)c(=O)o2)cc1.Cc1ccc(Cl)cc1Cn1nc(-c2ccc(-n3ccnc3)c(C)c2)oc1=O. The van der Waals surface area contributed by atoms with E-state index in [1.807, 2.05) is 131 Å². The van der Waals surface area contributed by atoms with Crippen molar-refractivity contribution in [3.8, 4) is 51.5 Å². The van der Waals surface area contributed by atoms with E-state index in [1.54, 1.807) is 73.2 Å². The molecule has 0 aliphatic carbocycles. The van der Waals surface area contributed by atoms with Gasteiger partial charge >= 0.3 is 23.0 Å². The summed E-state index contributed by atoms with van der Waals surface area (Å²) in [6.07, 6.45) is 5.35. The van der Waals surface area contributed by atoms with Crippen LogP contribution in [0.2, 0.25) is 40.2 Å². The number of aryl methyl sites for hydroxylation is 6. The van der Waals surface area contributed by atoms with Crippen molar-refractivity contribution in [1.29, 1.82) is 0 Å². The first-order valence-corrected chi connectivity index (χ1v) is 32.2. The fourth-order valence-electron chi connectivity index (χ4n) is 9.67. The Labute approximate surface area is 600 Å².